The Labute approximate surface area is 250 Å². The lowest BCUT2D eigenvalue weighted by atomic mass is 9.98. The van der Waals surface area contributed by atoms with E-state index in [4.69, 9.17) is 4.98 Å². The van der Waals surface area contributed by atoms with Crippen LogP contribution in [0.4, 0.5) is 0 Å². The lowest BCUT2D eigenvalue weighted by molar-refractivity contribution is 1.19. The molecule has 0 bridgehead atoms. The molecule has 0 radical (unpaired) electrons. The van der Waals surface area contributed by atoms with Crippen molar-refractivity contribution in [3.05, 3.63) is 140 Å². The van der Waals surface area contributed by atoms with Gasteiger partial charge in [-0.1, -0.05) is 97.1 Å². The first-order valence-corrected chi connectivity index (χ1v) is 15.4. The quantitative estimate of drug-likeness (QED) is 0.204. The lowest BCUT2D eigenvalue weighted by Crippen LogP contribution is -1.95. The van der Waals surface area contributed by atoms with Crippen LogP contribution in [-0.4, -0.2) is 14.0 Å². The van der Waals surface area contributed by atoms with Crippen LogP contribution >= 0.6 is 11.3 Å². The maximum Gasteiger partial charge on any atom is 0.137 e. The third-order valence-corrected chi connectivity index (χ3v) is 10.1. The molecule has 0 spiro atoms. The molecule has 0 amide bonds. The predicted molar refractivity (Wildman–Crippen MR) is 183 cm³/mol. The van der Waals surface area contributed by atoms with Gasteiger partial charge in [-0.3, -0.25) is 0 Å². The van der Waals surface area contributed by atoms with Crippen molar-refractivity contribution in [1.82, 2.24) is 14.0 Å². The minimum atomic E-state index is 0.953. The Hall–Kier alpha value is -5.45. The van der Waals surface area contributed by atoms with E-state index in [1.54, 1.807) is 0 Å². The van der Waals surface area contributed by atoms with E-state index in [1.807, 2.05) is 35.7 Å². The van der Waals surface area contributed by atoms with Gasteiger partial charge < -0.3 is 8.97 Å². The minimum absolute atomic E-state index is 0.953. The Bertz CT molecular complexity index is 2690. The first-order valence-electron chi connectivity index (χ1n) is 14.6. The smallest absolute Gasteiger partial charge is 0.137 e. The second kappa shape index (κ2) is 8.54. The van der Waals surface area contributed by atoms with Crippen LogP contribution in [0.5, 0.6) is 0 Å². The standard InChI is InChI=1S/C39H23N3S/c1-2-10-27-24(9-1)18-21-31-35-28-11-3-4-12-29(28)36-30-13-5-6-14-33(30)43-39(36)38(35)42(37(27)31)26-19-16-25(17-20-26)32-23-41-22-8-7-15-34(41)40-32/h1-23H. The molecule has 0 fully saturated rings. The summed E-state index contributed by atoms with van der Waals surface area (Å²) < 4.78 is 7.25. The number of benzene rings is 6. The highest BCUT2D eigenvalue weighted by Crippen LogP contribution is 2.48. The zero-order valence-electron chi connectivity index (χ0n) is 23.0. The molecule has 0 aliphatic carbocycles. The molecular weight excluding hydrogens is 543 g/mol. The molecule has 4 heterocycles. The molecule has 200 valence electrons. The van der Waals surface area contributed by atoms with Crippen LogP contribution in [-0.2, 0) is 0 Å². The summed E-state index contributed by atoms with van der Waals surface area (Å²) in [7, 11) is 0. The van der Waals surface area contributed by atoms with Crippen molar-refractivity contribution in [1.29, 1.82) is 0 Å². The van der Waals surface area contributed by atoms with Gasteiger partial charge in [0.05, 0.1) is 21.4 Å². The molecule has 4 heteroatoms. The molecule has 6 aromatic carbocycles. The van der Waals surface area contributed by atoms with Gasteiger partial charge in [0.2, 0.25) is 0 Å². The Morgan fingerprint density at radius 1 is 0.535 bits per heavy atom. The number of aromatic nitrogens is 3. The van der Waals surface area contributed by atoms with E-state index in [0.717, 1.165) is 22.6 Å². The summed E-state index contributed by atoms with van der Waals surface area (Å²) in [5, 5.41) is 10.4. The van der Waals surface area contributed by atoms with Gasteiger partial charge in [-0.25, -0.2) is 4.98 Å². The van der Waals surface area contributed by atoms with E-state index < -0.39 is 0 Å². The largest absolute Gasteiger partial charge is 0.307 e. The van der Waals surface area contributed by atoms with E-state index in [-0.39, 0.29) is 0 Å². The number of imidazole rings is 1. The fourth-order valence-corrected chi connectivity index (χ4v) is 8.31. The van der Waals surface area contributed by atoms with E-state index in [2.05, 4.69) is 124 Å². The molecule has 0 unspecified atom stereocenters. The van der Waals surface area contributed by atoms with Crippen molar-refractivity contribution < 1.29 is 0 Å². The van der Waals surface area contributed by atoms with Gasteiger partial charge in [0.1, 0.15) is 5.65 Å². The molecule has 0 atom stereocenters. The van der Waals surface area contributed by atoms with Gasteiger partial charge in [0.15, 0.2) is 0 Å². The second-order valence-electron chi connectivity index (χ2n) is 11.2. The number of thiophene rings is 1. The van der Waals surface area contributed by atoms with Crippen LogP contribution in [0.3, 0.4) is 0 Å². The molecule has 10 rings (SSSR count). The topological polar surface area (TPSA) is 22.2 Å². The molecule has 10 aromatic rings. The van der Waals surface area contributed by atoms with Crippen LogP contribution in [0.1, 0.15) is 0 Å². The number of nitrogens with zero attached hydrogens (tertiary/aromatic N) is 3. The number of pyridine rings is 1. The second-order valence-corrected chi connectivity index (χ2v) is 12.3. The molecule has 0 saturated carbocycles. The Balaban J connectivity index is 1.37. The first kappa shape index (κ1) is 23.1. The van der Waals surface area contributed by atoms with Crippen molar-refractivity contribution in [3.63, 3.8) is 0 Å². The third-order valence-electron chi connectivity index (χ3n) is 8.92. The van der Waals surface area contributed by atoms with Crippen LogP contribution in [0, 0.1) is 0 Å². The first-order chi connectivity index (χ1) is 21.3. The molecule has 0 N–H and O–H groups in total. The monoisotopic (exact) mass is 565 g/mol. The fourth-order valence-electron chi connectivity index (χ4n) is 7.05. The average Bonchev–Trinajstić information content (AvgIpc) is 3.77. The number of hydrogen-bond donors (Lipinski definition) is 0. The molecule has 0 aliphatic heterocycles. The molecule has 43 heavy (non-hydrogen) atoms. The normalized spacial score (nSPS) is 12.2. The minimum Gasteiger partial charge on any atom is -0.307 e. The Morgan fingerprint density at radius 2 is 1.26 bits per heavy atom. The van der Waals surface area contributed by atoms with Crippen molar-refractivity contribution >= 4 is 80.5 Å². The Kier molecular flexibility index (Phi) is 4.60. The molecule has 3 nitrogen and oxygen atoms in total. The third kappa shape index (κ3) is 3.16. The summed E-state index contributed by atoms with van der Waals surface area (Å²) in [6.45, 7) is 0. The summed E-state index contributed by atoms with van der Waals surface area (Å²) in [5.74, 6) is 0. The Morgan fingerprint density at radius 3 is 2.09 bits per heavy atom. The molecule has 0 aliphatic rings. The van der Waals surface area contributed by atoms with Gasteiger partial charge in [-0.15, -0.1) is 11.3 Å². The summed E-state index contributed by atoms with van der Waals surface area (Å²) >= 11 is 1.90. The van der Waals surface area contributed by atoms with Crippen molar-refractivity contribution in [2.75, 3.05) is 0 Å². The number of hydrogen-bond acceptors (Lipinski definition) is 2. The van der Waals surface area contributed by atoms with Gasteiger partial charge in [-0.2, -0.15) is 0 Å². The predicted octanol–water partition coefficient (Wildman–Crippen LogP) is 10.8. The zero-order valence-corrected chi connectivity index (χ0v) is 23.8. The van der Waals surface area contributed by atoms with Crippen LogP contribution in [0.25, 0.3) is 86.1 Å². The van der Waals surface area contributed by atoms with Crippen LogP contribution in [0.15, 0.2) is 140 Å². The van der Waals surface area contributed by atoms with Crippen molar-refractivity contribution in [2.45, 2.75) is 0 Å². The maximum atomic E-state index is 4.87. The molecule has 4 aromatic heterocycles. The number of rotatable bonds is 2. The SMILES string of the molecule is c1ccc2c(c1)ccc1c3c4ccccc4c4c5ccccc5sc4c3n(-c3ccc(-c4cn5ccccc5n4)cc3)c21. The van der Waals surface area contributed by atoms with E-state index >= 15 is 0 Å². The fraction of sp³-hybridized carbons (Fsp3) is 0. The van der Waals surface area contributed by atoms with E-state index in [0.29, 0.717) is 0 Å². The highest BCUT2D eigenvalue weighted by atomic mass is 32.1. The van der Waals surface area contributed by atoms with Gasteiger partial charge in [0, 0.05) is 55.3 Å². The summed E-state index contributed by atoms with van der Waals surface area (Å²) in [4.78, 5) is 4.87. The summed E-state index contributed by atoms with van der Waals surface area (Å²) in [6, 6.07) is 46.2. The van der Waals surface area contributed by atoms with E-state index in [9.17, 15) is 0 Å². The maximum absolute atomic E-state index is 4.87. The zero-order chi connectivity index (χ0) is 28.1. The highest BCUT2D eigenvalue weighted by molar-refractivity contribution is 7.27. The van der Waals surface area contributed by atoms with Crippen LogP contribution < -0.4 is 0 Å². The highest BCUT2D eigenvalue weighted by Gasteiger charge is 2.22. The lowest BCUT2D eigenvalue weighted by Gasteiger charge is -2.12. The summed E-state index contributed by atoms with van der Waals surface area (Å²) in [6.07, 6.45) is 4.15. The van der Waals surface area contributed by atoms with Gasteiger partial charge in [0.25, 0.3) is 0 Å². The van der Waals surface area contributed by atoms with Crippen LogP contribution in [0.2, 0.25) is 0 Å². The van der Waals surface area contributed by atoms with Crippen molar-refractivity contribution in [3.8, 4) is 16.9 Å². The summed E-state index contributed by atoms with van der Waals surface area (Å²) in [5.41, 5.74) is 6.72. The van der Waals surface area contributed by atoms with Gasteiger partial charge in [-0.05, 0) is 46.5 Å². The molecular formula is C39H23N3S. The van der Waals surface area contributed by atoms with Crippen molar-refractivity contribution in [2.24, 2.45) is 0 Å². The number of fused-ring (bicyclic) bond motifs is 13. The van der Waals surface area contributed by atoms with Gasteiger partial charge >= 0.3 is 0 Å². The van der Waals surface area contributed by atoms with E-state index in [1.165, 1.54) is 63.5 Å². The molecule has 0 saturated heterocycles. The average molecular weight is 566 g/mol.